The van der Waals surface area contributed by atoms with Crippen molar-refractivity contribution >= 4 is 11.9 Å². The molecule has 7 nitrogen and oxygen atoms in total. The van der Waals surface area contributed by atoms with Crippen LogP contribution in [0.3, 0.4) is 0 Å². The van der Waals surface area contributed by atoms with Crippen LogP contribution in [0.5, 0.6) is 0 Å². The maximum absolute atomic E-state index is 12.1. The summed E-state index contributed by atoms with van der Waals surface area (Å²) in [7, 11) is 0. The molecule has 0 heterocycles. The normalized spacial score (nSPS) is 50.1. The standard InChI is InChI=1S/C34H54O7/c1-18(2)22-14-24(38)28-33(9)11-10-21-27(32(33,8)12-13-34(22,28)17-40-19(3)35)23(37)15-26-30(5,6)29(39)25(41-20(4)36)16-31(21,26)7/h10,18,22-29,37-39H,11-17H2,1-9H3/t22-,23-,24?,25+,26?,27-,28?,29-,31+,32-,33+,34+/m0/s1. The number of allylic oxidation sites excluding steroid dienone is 1. The Morgan fingerprint density at radius 2 is 1.61 bits per heavy atom. The van der Waals surface area contributed by atoms with Gasteiger partial charge in [0.1, 0.15) is 6.10 Å². The Hall–Kier alpha value is -1.44. The molecule has 0 aromatic heterocycles. The van der Waals surface area contributed by atoms with E-state index < -0.39 is 29.8 Å². The van der Waals surface area contributed by atoms with Crippen LogP contribution in [-0.2, 0) is 19.1 Å². The fourth-order valence-electron chi connectivity index (χ4n) is 11.9. The van der Waals surface area contributed by atoms with E-state index in [0.717, 1.165) is 19.3 Å². The second kappa shape index (κ2) is 9.79. The lowest BCUT2D eigenvalue weighted by Gasteiger charge is -2.70. The second-order valence-electron chi connectivity index (χ2n) is 16.2. The molecule has 3 N–H and O–H groups in total. The van der Waals surface area contributed by atoms with Gasteiger partial charge in [-0.15, -0.1) is 0 Å². The highest BCUT2D eigenvalue weighted by Gasteiger charge is 2.73. The van der Waals surface area contributed by atoms with E-state index in [0.29, 0.717) is 31.8 Å². The minimum Gasteiger partial charge on any atom is -0.465 e. The van der Waals surface area contributed by atoms with Gasteiger partial charge in [0.15, 0.2) is 0 Å². The summed E-state index contributed by atoms with van der Waals surface area (Å²) >= 11 is 0. The molecule has 0 aromatic rings. The second-order valence-corrected chi connectivity index (χ2v) is 16.2. The first kappa shape index (κ1) is 31.0. The maximum Gasteiger partial charge on any atom is 0.302 e. The first-order valence-corrected chi connectivity index (χ1v) is 15.9. The number of rotatable bonds is 4. The third-order valence-corrected chi connectivity index (χ3v) is 13.7. The van der Waals surface area contributed by atoms with Gasteiger partial charge in [-0.1, -0.05) is 60.1 Å². The van der Waals surface area contributed by atoms with Gasteiger partial charge >= 0.3 is 11.9 Å². The van der Waals surface area contributed by atoms with Crippen LogP contribution < -0.4 is 0 Å². The average Bonchev–Trinajstić information content (AvgIpc) is 3.17. The van der Waals surface area contributed by atoms with E-state index in [1.807, 2.05) is 13.8 Å². The van der Waals surface area contributed by atoms with E-state index >= 15 is 0 Å². The number of ether oxygens (including phenoxy) is 2. The number of aliphatic hydroxyl groups is 3. The predicted molar refractivity (Wildman–Crippen MR) is 155 cm³/mol. The summed E-state index contributed by atoms with van der Waals surface area (Å²) in [4.78, 5) is 24.1. The van der Waals surface area contributed by atoms with Gasteiger partial charge in [0.05, 0.1) is 24.9 Å². The van der Waals surface area contributed by atoms with E-state index in [1.54, 1.807) is 0 Å². The molecule has 4 saturated carbocycles. The Kier molecular flexibility index (Phi) is 7.40. The lowest BCUT2D eigenvalue weighted by atomic mass is 9.35. The highest BCUT2D eigenvalue weighted by atomic mass is 16.6. The van der Waals surface area contributed by atoms with Gasteiger partial charge in [0.2, 0.25) is 0 Å². The Morgan fingerprint density at radius 3 is 2.20 bits per heavy atom. The predicted octanol–water partition coefficient (Wildman–Crippen LogP) is 5.05. The molecular weight excluding hydrogens is 520 g/mol. The van der Waals surface area contributed by atoms with Crippen molar-refractivity contribution in [3.05, 3.63) is 11.6 Å². The summed E-state index contributed by atoms with van der Waals surface area (Å²) in [5.41, 5.74) is -0.580. The highest BCUT2D eigenvalue weighted by molar-refractivity contribution is 5.66. The molecule has 5 aliphatic rings. The van der Waals surface area contributed by atoms with Crippen LogP contribution in [0.2, 0.25) is 0 Å². The molecule has 232 valence electrons. The molecule has 7 heteroatoms. The lowest BCUT2D eigenvalue weighted by molar-refractivity contribution is -0.227. The van der Waals surface area contributed by atoms with Crippen LogP contribution in [0.1, 0.15) is 101 Å². The van der Waals surface area contributed by atoms with Crippen molar-refractivity contribution in [1.82, 2.24) is 0 Å². The Labute approximate surface area is 246 Å². The zero-order chi connectivity index (χ0) is 30.5. The first-order valence-electron chi connectivity index (χ1n) is 15.9. The zero-order valence-electron chi connectivity index (χ0n) is 26.7. The zero-order valence-corrected chi connectivity index (χ0v) is 26.7. The molecule has 0 amide bonds. The fraction of sp³-hybridized carbons (Fsp3) is 0.882. The quantitative estimate of drug-likeness (QED) is 0.318. The molecule has 3 unspecified atom stereocenters. The maximum atomic E-state index is 12.1. The van der Waals surface area contributed by atoms with Gasteiger partial charge in [-0.05, 0) is 77.9 Å². The van der Waals surface area contributed by atoms with E-state index in [1.165, 1.54) is 19.4 Å². The van der Waals surface area contributed by atoms with Crippen LogP contribution in [-0.4, -0.2) is 58.3 Å². The molecule has 5 rings (SSSR count). The molecule has 0 saturated heterocycles. The number of fused-ring (bicyclic) bond motifs is 7. The van der Waals surface area contributed by atoms with Crippen LogP contribution in [0, 0.1) is 56.7 Å². The Morgan fingerprint density at radius 1 is 0.951 bits per heavy atom. The summed E-state index contributed by atoms with van der Waals surface area (Å²) in [6.45, 7) is 18.6. The number of carbonyl (C=O) groups excluding carboxylic acids is 2. The molecule has 12 atom stereocenters. The average molecular weight is 575 g/mol. The van der Waals surface area contributed by atoms with Crippen molar-refractivity contribution in [2.45, 2.75) is 125 Å². The first-order chi connectivity index (χ1) is 18.9. The van der Waals surface area contributed by atoms with Crippen molar-refractivity contribution in [3.8, 4) is 0 Å². The number of esters is 2. The van der Waals surface area contributed by atoms with Crippen molar-refractivity contribution < 1.29 is 34.4 Å². The number of carbonyl (C=O) groups is 2. The molecule has 5 aliphatic carbocycles. The van der Waals surface area contributed by atoms with E-state index in [-0.39, 0.29) is 57.3 Å². The molecule has 0 radical (unpaired) electrons. The van der Waals surface area contributed by atoms with Gasteiger partial charge in [-0.25, -0.2) is 0 Å². The highest BCUT2D eigenvalue weighted by Crippen LogP contribution is 2.76. The fourth-order valence-corrected chi connectivity index (χ4v) is 11.9. The van der Waals surface area contributed by atoms with E-state index in [4.69, 9.17) is 9.47 Å². The smallest absolute Gasteiger partial charge is 0.302 e. The van der Waals surface area contributed by atoms with Crippen molar-refractivity contribution in [3.63, 3.8) is 0 Å². The summed E-state index contributed by atoms with van der Waals surface area (Å²) in [5, 5.41) is 35.2. The van der Waals surface area contributed by atoms with Gasteiger partial charge in [0.25, 0.3) is 0 Å². The summed E-state index contributed by atoms with van der Waals surface area (Å²) < 4.78 is 11.5. The SMILES string of the molecule is CC(=O)OC[C@@]12CC[C@@]3(C)[C@H]4C(=CC[C@]3(C)C1C(O)C[C@H]2C(C)C)[C@@]1(C)C[C@@H](OC(C)=O)[C@H](O)C(C)(C)C1C[C@@H]4O. The third kappa shape index (κ3) is 4.14. The van der Waals surface area contributed by atoms with Gasteiger partial charge in [0, 0.05) is 31.1 Å². The van der Waals surface area contributed by atoms with Gasteiger partial charge in [-0.3, -0.25) is 9.59 Å². The summed E-state index contributed by atoms with van der Waals surface area (Å²) in [6.07, 6.45) is 4.13. The Bertz CT molecular complexity index is 1110. The molecule has 0 aliphatic heterocycles. The third-order valence-electron chi connectivity index (χ3n) is 13.7. The minimum atomic E-state index is -0.809. The number of hydrogen-bond donors (Lipinski definition) is 3. The molecule has 41 heavy (non-hydrogen) atoms. The number of aliphatic hydroxyl groups excluding tert-OH is 3. The molecule has 0 spiro atoms. The number of hydrogen-bond acceptors (Lipinski definition) is 7. The molecule has 0 aromatic carbocycles. The van der Waals surface area contributed by atoms with Crippen molar-refractivity contribution in [1.29, 1.82) is 0 Å². The van der Waals surface area contributed by atoms with E-state index in [2.05, 4.69) is 40.7 Å². The molecule has 0 bridgehead atoms. The summed E-state index contributed by atoms with van der Waals surface area (Å²) in [6, 6.07) is 0. The van der Waals surface area contributed by atoms with Crippen molar-refractivity contribution in [2.24, 2.45) is 56.7 Å². The van der Waals surface area contributed by atoms with Crippen molar-refractivity contribution in [2.75, 3.05) is 6.61 Å². The largest absolute Gasteiger partial charge is 0.465 e. The van der Waals surface area contributed by atoms with Crippen LogP contribution >= 0.6 is 0 Å². The molecular formula is C34H54O7. The summed E-state index contributed by atoms with van der Waals surface area (Å²) in [5.74, 6) is -0.215. The minimum absolute atomic E-state index is 0.0244. The van der Waals surface area contributed by atoms with Crippen LogP contribution in [0.25, 0.3) is 0 Å². The van der Waals surface area contributed by atoms with Gasteiger partial charge in [-0.2, -0.15) is 0 Å². The van der Waals surface area contributed by atoms with Crippen LogP contribution in [0.15, 0.2) is 11.6 Å². The lowest BCUT2D eigenvalue weighted by Crippen LogP contribution is -2.68. The Balaban J connectivity index is 1.62. The monoisotopic (exact) mass is 574 g/mol. The molecule has 4 fully saturated rings. The van der Waals surface area contributed by atoms with Crippen LogP contribution in [0.4, 0.5) is 0 Å². The van der Waals surface area contributed by atoms with Gasteiger partial charge < -0.3 is 24.8 Å². The van der Waals surface area contributed by atoms with E-state index in [9.17, 15) is 24.9 Å². The topological polar surface area (TPSA) is 113 Å².